The van der Waals surface area contributed by atoms with Gasteiger partial charge in [-0.3, -0.25) is 14.3 Å². The quantitative estimate of drug-likeness (QED) is 0.602. The van der Waals surface area contributed by atoms with Crippen molar-refractivity contribution in [2.24, 2.45) is 0 Å². The summed E-state index contributed by atoms with van der Waals surface area (Å²) >= 11 is 0. The maximum Gasteiger partial charge on any atom is 0.274 e. The number of hydrogen-bond acceptors (Lipinski definition) is 4. The van der Waals surface area contributed by atoms with Gasteiger partial charge in [-0.1, -0.05) is 48.5 Å². The molecule has 0 unspecified atom stereocenters. The maximum absolute atomic E-state index is 13.4. The van der Waals surface area contributed by atoms with E-state index in [1.54, 1.807) is 15.6 Å². The first-order valence-electron chi connectivity index (χ1n) is 10.9. The summed E-state index contributed by atoms with van der Waals surface area (Å²) < 4.78 is 1.63. The molecule has 4 rings (SSSR count). The second kappa shape index (κ2) is 9.78. The van der Waals surface area contributed by atoms with Crippen molar-refractivity contribution >= 4 is 17.5 Å². The van der Waals surface area contributed by atoms with Crippen LogP contribution in [0.4, 0.5) is 5.69 Å². The number of hydrogen-bond donors (Lipinski definition) is 0. The Balaban J connectivity index is 1.51. The van der Waals surface area contributed by atoms with E-state index in [0.29, 0.717) is 25.3 Å². The SMILES string of the molecule is Cc1cc(C(=O)N2CCN(C)CC2)nn1CC(=O)N(Cc1ccccc1)c1ccccc1. The van der Waals surface area contributed by atoms with Crippen LogP contribution in [-0.4, -0.2) is 64.6 Å². The molecule has 3 aromatic rings. The lowest BCUT2D eigenvalue weighted by Gasteiger charge is -2.31. The first kappa shape index (κ1) is 21.8. The number of piperazine rings is 1. The van der Waals surface area contributed by atoms with Crippen molar-refractivity contribution in [3.8, 4) is 0 Å². The molecule has 0 saturated carbocycles. The Morgan fingerprint density at radius 1 is 0.938 bits per heavy atom. The van der Waals surface area contributed by atoms with Crippen LogP contribution < -0.4 is 4.90 Å². The Kier molecular flexibility index (Phi) is 6.66. The third-order valence-corrected chi connectivity index (χ3v) is 5.83. The van der Waals surface area contributed by atoms with Gasteiger partial charge >= 0.3 is 0 Å². The average Bonchev–Trinajstić information content (AvgIpc) is 3.18. The first-order chi connectivity index (χ1) is 15.5. The fourth-order valence-electron chi connectivity index (χ4n) is 3.86. The molecule has 1 aromatic heterocycles. The molecule has 0 aliphatic carbocycles. The zero-order valence-corrected chi connectivity index (χ0v) is 18.6. The van der Waals surface area contributed by atoms with E-state index in [9.17, 15) is 9.59 Å². The van der Waals surface area contributed by atoms with Crippen LogP contribution in [0.25, 0.3) is 0 Å². The zero-order valence-electron chi connectivity index (χ0n) is 18.6. The zero-order chi connectivity index (χ0) is 22.5. The number of carbonyl (C=O) groups excluding carboxylic acids is 2. The van der Waals surface area contributed by atoms with Gasteiger partial charge < -0.3 is 14.7 Å². The van der Waals surface area contributed by atoms with E-state index in [4.69, 9.17) is 0 Å². The van der Waals surface area contributed by atoms with E-state index in [2.05, 4.69) is 17.0 Å². The highest BCUT2D eigenvalue weighted by molar-refractivity contribution is 5.94. The molecular formula is C25H29N5O2. The van der Waals surface area contributed by atoms with Gasteiger partial charge in [0.05, 0.1) is 6.54 Å². The van der Waals surface area contributed by atoms with E-state index >= 15 is 0 Å². The van der Waals surface area contributed by atoms with Gasteiger partial charge in [0.1, 0.15) is 6.54 Å². The number of rotatable bonds is 6. The van der Waals surface area contributed by atoms with E-state index in [1.165, 1.54) is 0 Å². The van der Waals surface area contributed by atoms with E-state index < -0.39 is 0 Å². The first-order valence-corrected chi connectivity index (χ1v) is 10.9. The molecule has 0 spiro atoms. The van der Waals surface area contributed by atoms with Crippen molar-refractivity contribution < 1.29 is 9.59 Å². The van der Waals surface area contributed by atoms with Crippen molar-refractivity contribution in [1.29, 1.82) is 0 Å². The Morgan fingerprint density at radius 2 is 1.56 bits per heavy atom. The molecule has 2 amide bonds. The van der Waals surface area contributed by atoms with Crippen LogP contribution in [0.5, 0.6) is 0 Å². The van der Waals surface area contributed by atoms with Crippen molar-refractivity contribution in [3.63, 3.8) is 0 Å². The number of carbonyl (C=O) groups is 2. The van der Waals surface area contributed by atoms with Gasteiger partial charge in [-0.05, 0) is 37.7 Å². The number of para-hydroxylation sites is 1. The predicted octanol–water partition coefficient (Wildman–Crippen LogP) is 2.81. The Morgan fingerprint density at radius 3 is 2.22 bits per heavy atom. The summed E-state index contributed by atoms with van der Waals surface area (Å²) in [6.07, 6.45) is 0. The summed E-state index contributed by atoms with van der Waals surface area (Å²) in [5.74, 6) is -0.151. The fourth-order valence-corrected chi connectivity index (χ4v) is 3.86. The monoisotopic (exact) mass is 431 g/mol. The number of nitrogens with zero attached hydrogens (tertiary/aromatic N) is 5. The van der Waals surface area contributed by atoms with Crippen molar-refractivity contribution in [2.75, 3.05) is 38.1 Å². The highest BCUT2D eigenvalue weighted by Gasteiger charge is 2.24. The van der Waals surface area contributed by atoms with Crippen LogP contribution in [0.2, 0.25) is 0 Å². The summed E-state index contributed by atoms with van der Waals surface area (Å²) in [5, 5.41) is 4.49. The van der Waals surface area contributed by atoms with Gasteiger partial charge in [-0.25, -0.2) is 0 Å². The number of benzene rings is 2. The van der Waals surface area contributed by atoms with Crippen molar-refractivity contribution in [3.05, 3.63) is 83.7 Å². The predicted molar refractivity (Wildman–Crippen MR) is 124 cm³/mol. The Bertz CT molecular complexity index is 1060. The van der Waals surface area contributed by atoms with Gasteiger partial charge in [0.15, 0.2) is 5.69 Å². The smallest absolute Gasteiger partial charge is 0.274 e. The molecule has 7 nitrogen and oxygen atoms in total. The molecule has 1 aliphatic rings. The summed E-state index contributed by atoms with van der Waals surface area (Å²) in [7, 11) is 2.06. The number of likely N-dealkylation sites (N-methyl/N-ethyl adjacent to an activating group) is 1. The molecule has 0 N–H and O–H groups in total. The van der Waals surface area contributed by atoms with Crippen LogP contribution in [-0.2, 0) is 17.9 Å². The van der Waals surface area contributed by atoms with Crippen LogP contribution >= 0.6 is 0 Å². The van der Waals surface area contributed by atoms with Crippen LogP contribution in [0.1, 0.15) is 21.7 Å². The molecule has 7 heteroatoms. The number of aromatic nitrogens is 2. The van der Waals surface area contributed by atoms with E-state index in [-0.39, 0.29) is 18.4 Å². The average molecular weight is 432 g/mol. The van der Waals surface area contributed by atoms with Gasteiger partial charge in [0.25, 0.3) is 5.91 Å². The summed E-state index contributed by atoms with van der Waals surface area (Å²) in [4.78, 5) is 32.0. The lowest BCUT2D eigenvalue weighted by Crippen LogP contribution is -2.47. The Hall–Kier alpha value is -3.45. The number of aryl methyl sites for hydroxylation is 1. The maximum atomic E-state index is 13.4. The van der Waals surface area contributed by atoms with Crippen molar-refractivity contribution in [2.45, 2.75) is 20.0 Å². The largest absolute Gasteiger partial charge is 0.335 e. The van der Waals surface area contributed by atoms with Crippen LogP contribution in [0.15, 0.2) is 66.7 Å². The molecule has 2 heterocycles. The normalized spacial score (nSPS) is 14.4. The van der Waals surface area contributed by atoms with Gasteiger partial charge in [0.2, 0.25) is 5.91 Å². The summed E-state index contributed by atoms with van der Waals surface area (Å²) in [6, 6.07) is 21.3. The summed E-state index contributed by atoms with van der Waals surface area (Å²) in [6.45, 7) is 5.52. The minimum absolute atomic E-state index is 0.0726. The molecule has 32 heavy (non-hydrogen) atoms. The lowest BCUT2D eigenvalue weighted by atomic mass is 10.2. The molecule has 1 aliphatic heterocycles. The highest BCUT2D eigenvalue weighted by Crippen LogP contribution is 2.18. The number of amides is 2. The van der Waals surface area contributed by atoms with Gasteiger partial charge in [-0.15, -0.1) is 0 Å². The molecule has 0 atom stereocenters. The topological polar surface area (TPSA) is 61.7 Å². The number of anilines is 1. The summed E-state index contributed by atoms with van der Waals surface area (Å²) in [5.41, 5.74) is 3.07. The standard InChI is InChI=1S/C25H29N5O2/c1-20-17-23(25(32)28-15-13-27(2)14-16-28)26-30(20)19-24(31)29(22-11-7-4-8-12-22)18-21-9-5-3-6-10-21/h3-12,17H,13-16,18-19H2,1-2H3. The van der Waals surface area contributed by atoms with Crippen LogP contribution in [0.3, 0.4) is 0 Å². The molecule has 0 bridgehead atoms. The minimum Gasteiger partial charge on any atom is -0.335 e. The molecule has 0 radical (unpaired) electrons. The highest BCUT2D eigenvalue weighted by atomic mass is 16.2. The molecular weight excluding hydrogens is 402 g/mol. The third-order valence-electron chi connectivity index (χ3n) is 5.83. The molecule has 166 valence electrons. The van der Waals surface area contributed by atoms with Gasteiger partial charge in [-0.2, -0.15) is 5.10 Å². The minimum atomic E-state index is -0.0788. The second-order valence-corrected chi connectivity index (χ2v) is 8.23. The fraction of sp³-hybridized carbons (Fsp3) is 0.320. The van der Waals surface area contributed by atoms with Crippen LogP contribution in [0, 0.1) is 6.92 Å². The van der Waals surface area contributed by atoms with Gasteiger partial charge in [0, 0.05) is 37.6 Å². The molecule has 1 saturated heterocycles. The van der Waals surface area contributed by atoms with Crippen molar-refractivity contribution in [1.82, 2.24) is 19.6 Å². The Labute approximate surface area is 188 Å². The lowest BCUT2D eigenvalue weighted by molar-refractivity contribution is -0.119. The van der Waals surface area contributed by atoms with E-state index in [0.717, 1.165) is 30.0 Å². The molecule has 2 aromatic carbocycles. The third kappa shape index (κ3) is 5.06. The van der Waals surface area contributed by atoms with E-state index in [1.807, 2.05) is 72.5 Å². The molecule has 1 fully saturated rings. The second-order valence-electron chi connectivity index (χ2n) is 8.23.